The molecule has 11 heavy (non-hydrogen) atoms. The SMILES string of the molecule is CC(=O)C1(C(=O)O)CC=CS1. The quantitative estimate of drug-likeness (QED) is 0.632. The molecule has 1 unspecified atom stereocenters. The Morgan fingerprint density at radius 3 is 2.45 bits per heavy atom. The average molecular weight is 172 g/mol. The minimum atomic E-state index is -1.22. The van der Waals surface area contributed by atoms with Gasteiger partial charge in [0, 0.05) is 0 Å². The van der Waals surface area contributed by atoms with E-state index in [9.17, 15) is 9.59 Å². The molecule has 1 N–H and O–H groups in total. The van der Waals surface area contributed by atoms with Gasteiger partial charge in [0.25, 0.3) is 0 Å². The summed E-state index contributed by atoms with van der Waals surface area (Å²) in [5, 5.41) is 10.4. The average Bonchev–Trinajstić information content (AvgIpc) is 2.34. The summed E-state index contributed by atoms with van der Waals surface area (Å²) in [6, 6.07) is 0. The van der Waals surface area contributed by atoms with E-state index in [0.717, 1.165) is 11.8 Å². The maximum Gasteiger partial charge on any atom is 0.328 e. The number of carboxylic acids is 1. The van der Waals surface area contributed by atoms with Gasteiger partial charge in [0.2, 0.25) is 0 Å². The van der Waals surface area contributed by atoms with Crippen molar-refractivity contribution in [2.45, 2.75) is 18.1 Å². The Balaban J connectivity index is 2.90. The van der Waals surface area contributed by atoms with Crippen molar-refractivity contribution in [3.8, 4) is 0 Å². The zero-order chi connectivity index (χ0) is 8.48. The number of carbonyl (C=O) groups is 2. The fraction of sp³-hybridized carbons (Fsp3) is 0.429. The van der Waals surface area contributed by atoms with Crippen molar-refractivity contribution in [3.63, 3.8) is 0 Å². The van der Waals surface area contributed by atoms with E-state index < -0.39 is 10.7 Å². The van der Waals surface area contributed by atoms with Crippen LogP contribution in [0.3, 0.4) is 0 Å². The number of hydrogen-bond acceptors (Lipinski definition) is 3. The molecule has 0 amide bonds. The van der Waals surface area contributed by atoms with Crippen LogP contribution in [0.5, 0.6) is 0 Å². The Morgan fingerprint density at radius 2 is 2.27 bits per heavy atom. The Kier molecular flexibility index (Phi) is 2.04. The van der Waals surface area contributed by atoms with Gasteiger partial charge in [-0.3, -0.25) is 9.59 Å². The molecule has 1 rings (SSSR count). The lowest BCUT2D eigenvalue weighted by Crippen LogP contribution is -2.39. The van der Waals surface area contributed by atoms with Gasteiger partial charge in [-0.15, -0.1) is 11.8 Å². The number of thioether (sulfide) groups is 1. The third-order valence-corrected chi connectivity index (χ3v) is 3.04. The van der Waals surface area contributed by atoms with Gasteiger partial charge in [-0.05, 0) is 18.8 Å². The van der Waals surface area contributed by atoms with Crippen molar-refractivity contribution in [2.75, 3.05) is 0 Å². The van der Waals surface area contributed by atoms with Gasteiger partial charge in [0.15, 0.2) is 10.5 Å². The first-order valence-electron chi connectivity index (χ1n) is 3.17. The molecular formula is C7H8O3S. The van der Waals surface area contributed by atoms with Gasteiger partial charge in [0.05, 0.1) is 0 Å². The second-order valence-corrected chi connectivity index (χ2v) is 3.59. The maximum absolute atomic E-state index is 11.0. The third kappa shape index (κ3) is 1.18. The number of ketones is 1. The molecular weight excluding hydrogens is 164 g/mol. The standard InChI is InChI=1S/C7H8O3S/c1-5(8)7(6(9)10)3-2-4-11-7/h2,4H,3H2,1H3,(H,9,10). The van der Waals surface area contributed by atoms with E-state index >= 15 is 0 Å². The Hall–Kier alpha value is -0.770. The van der Waals surface area contributed by atoms with Crippen LogP contribution < -0.4 is 0 Å². The van der Waals surface area contributed by atoms with Crippen LogP contribution >= 0.6 is 11.8 Å². The van der Waals surface area contributed by atoms with Crippen LogP contribution in [0.4, 0.5) is 0 Å². The van der Waals surface area contributed by atoms with Crippen LogP contribution in [0, 0.1) is 0 Å². The van der Waals surface area contributed by atoms with Gasteiger partial charge in [0.1, 0.15) is 0 Å². The molecule has 0 spiro atoms. The molecule has 4 heteroatoms. The fourth-order valence-corrected chi connectivity index (χ4v) is 1.83. The first kappa shape index (κ1) is 8.33. The molecule has 0 radical (unpaired) electrons. The molecule has 1 atom stereocenters. The highest BCUT2D eigenvalue weighted by molar-refractivity contribution is 8.05. The van der Waals surface area contributed by atoms with Gasteiger partial charge in [-0.2, -0.15) is 0 Å². The van der Waals surface area contributed by atoms with Crippen LogP contribution in [-0.4, -0.2) is 21.6 Å². The molecule has 3 nitrogen and oxygen atoms in total. The zero-order valence-electron chi connectivity index (χ0n) is 6.03. The van der Waals surface area contributed by atoms with E-state index in [-0.39, 0.29) is 5.78 Å². The van der Waals surface area contributed by atoms with Crippen LogP contribution in [0.25, 0.3) is 0 Å². The Morgan fingerprint density at radius 1 is 1.64 bits per heavy atom. The van der Waals surface area contributed by atoms with Crippen LogP contribution in [0.15, 0.2) is 11.5 Å². The van der Waals surface area contributed by atoms with Gasteiger partial charge in [-0.25, -0.2) is 0 Å². The van der Waals surface area contributed by atoms with Crippen molar-refractivity contribution < 1.29 is 14.7 Å². The van der Waals surface area contributed by atoms with E-state index in [1.165, 1.54) is 6.92 Å². The van der Waals surface area contributed by atoms with E-state index in [2.05, 4.69) is 0 Å². The predicted molar refractivity (Wildman–Crippen MR) is 42.4 cm³/mol. The molecule has 0 saturated heterocycles. The highest BCUT2D eigenvalue weighted by Gasteiger charge is 2.44. The molecule has 0 saturated carbocycles. The number of carbonyl (C=O) groups excluding carboxylic acids is 1. The number of carboxylic acid groups (broad SMARTS) is 1. The minimum absolute atomic E-state index is 0.292. The highest BCUT2D eigenvalue weighted by atomic mass is 32.2. The summed E-state index contributed by atoms with van der Waals surface area (Å²) < 4.78 is -1.22. The van der Waals surface area contributed by atoms with E-state index in [1.54, 1.807) is 11.5 Å². The van der Waals surface area contributed by atoms with Crippen LogP contribution in [-0.2, 0) is 9.59 Å². The van der Waals surface area contributed by atoms with E-state index in [4.69, 9.17) is 5.11 Å². The molecule has 0 bridgehead atoms. The lowest BCUT2D eigenvalue weighted by atomic mass is 10.0. The van der Waals surface area contributed by atoms with Crippen LogP contribution in [0.2, 0.25) is 0 Å². The zero-order valence-corrected chi connectivity index (χ0v) is 6.85. The van der Waals surface area contributed by atoms with E-state index in [0.29, 0.717) is 6.42 Å². The molecule has 0 aromatic heterocycles. The highest BCUT2D eigenvalue weighted by Crippen LogP contribution is 2.37. The smallest absolute Gasteiger partial charge is 0.328 e. The lowest BCUT2D eigenvalue weighted by molar-refractivity contribution is -0.143. The van der Waals surface area contributed by atoms with Gasteiger partial charge in [-0.1, -0.05) is 6.08 Å². The summed E-state index contributed by atoms with van der Waals surface area (Å²) in [5.41, 5.74) is 0. The van der Waals surface area contributed by atoms with Crippen molar-refractivity contribution in [3.05, 3.63) is 11.5 Å². The molecule has 0 fully saturated rings. The molecule has 1 aliphatic rings. The molecule has 60 valence electrons. The summed E-state index contributed by atoms with van der Waals surface area (Å²) in [7, 11) is 0. The maximum atomic E-state index is 11.0. The molecule has 1 heterocycles. The number of allylic oxidation sites excluding steroid dienone is 1. The summed E-state index contributed by atoms with van der Waals surface area (Å²) in [6.45, 7) is 1.31. The summed E-state index contributed by atoms with van der Waals surface area (Å²) in [6.07, 6.45) is 2.02. The second kappa shape index (κ2) is 2.70. The second-order valence-electron chi connectivity index (χ2n) is 2.38. The number of hydrogen-bond donors (Lipinski definition) is 1. The van der Waals surface area contributed by atoms with Crippen molar-refractivity contribution >= 4 is 23.5 Å². The monoisotopic (exact) mass is 172 g/mol. The van der Waals surface area contributed by atoms with Crippen molar-refractivity contribution in [2.24, 2.45) is 0 Å². The minimum Gasteiger partial charge on any atom is -0.480 e. The first-order chi connectivity index (χ1) is 5.09. The van der Waals surface area contributed by atoms with Gasteiger partial charge < -0.3 is 5.11 Å². The Labute approximate surface area is 68.5 Å². The molecule has 1 aliphatic heterocycles. The summed E-state index contributed by atoms with van der Waals surface area (Å²) >= 11 is 1.08. The molecule has 0 aliphatic carbocycles. The predicted octanol–water partition coefficient (Wildman–Crippen LogP) is 1.05. The molecule has 0 aromatic carbocycles. The third-order valence-electron chi connectivity index (χ3n) is 1.68. The Bertz CT molecular complexity index is 208. The van der Waals surface area contributed by atoms with Crippen molar-refractivity contribution in [1.82, 2.24) is 0 Å². The van der Waals surface area contributed by atoms with Gasteiger partial charge >= 0.3 is 5.97 Å². The summed E-state index contributed by atoms with van der Waals surface area (Å²) in [4.78, 5) is 21.7. The number of aliphatic carboxylic acids is 1. The summed E-state index contributed by atoms with van der Waals surface area (Å²) in [5.74, 6) is -1.33. The van der Waals surface area contributed by atoms with Crippen LogP contribution in [0.1, 0.15) is 13.3 Å². The first-order valence-corrected chi connectivity index (χ1v) is 4.05. The largest absolute Gasteiger partial charge is 0.480 e. The topological polar surface area (TPSA) is 54.4 Å². The normalized spacial score (nSPS) is 28.8. The number of Topliss-reactive ketones (excluding diaryl/α,β-unsaturated/α-hetero) is 1. The van der Waals surface area contributed by atoms with E-state index in [1.807, 2.05) is 0 Å². The fourth-order valence-electron chi connectivity index (χ4n) is 0.941. The number of rotatable bonds is 2. The lowest BCUT2D eigenvalue weighted by Gasteiger charge is -2.18. The van der Waals surface area contributed by atoms with Crippen molar-refractivity contribution in [1.29, 1.82) is 0 Å². The molecule has 0 aromatic rings.